The third-order valence-corrected chi connectivity index (χ3v) is 2.03. The number of hydrogen-bond acceptors (Lipinski definition) is 3. The van der Waals surface area contributed by atoms with Gasteiger partial charge in [0.2, 0.25) is 0 Å². The first kappa shape index (κ1) is 10.3. The Labute approximate surface area is 90.2 Å². The van der Waals surface area contributed by atoms with Gasteiger partial charge in [0.1, 0.15) is 17.1 Å². The molecule has 0 spiro atoms. The predicted molar refractivity (Wildman–Crippen MR) is 53.4 cm³/mol. The standard InChI is InChI=1S/C10H8FN3O2/c1-14-5-7(10(15)16)9(13-14)8-3-2-6(11)4-12-8/h2-5H,1H3,(H,15,16). The molecule has 0 aliphatic heterocycles. The molecule has 0 aliphatic carbocycles. The van der Waals surface area contributed by atoms with Gasteiger partial charge in [0.15, 0.2) is 0 Å². The van der Waals surface area contributed by atoms with Crippen molar-refractivity contribution in [3.63, 3.8) is 0 Å². The van der Waals surface area contributed by atoms with Crippen molar-refractivity contribution in [2.45, 2.75) is 0 Å². The first-order valence-electron chi connectivity index (χ1n) is 4.47. The largest absolute Gasteiger partial charge is 0.478 e. The van der Waals surface area contributed by atoms with Gasteiger partial charge >= 0.3 is 5.97 Å². The molecule has 0 fully saturated rings. The quantitative estimate of drug-likeness (QED) is 0.830. The van der Waals surface area contributed by atoms with Crippen LogP contribution in [0.3, 0.4) is 0 Å². The van der Waals surface area contributed by atoms with Gasteiger partial charge in [-0.25, -0.2) is 9.18 Å². The van der Waals surface area contributed by atoms with Crippen LogP contribution in [0.1, 0.15) is 10.4 Å². The molecule has 0 saturated heterocycles. The maximum Gasteiger partial charge on any atom is 0.339 e. The summed E-state index contributed by atoms with van der Waals surface area (Å²) in [4.78, 5) is 14.7. The summed E-state index contributed by atoms with van der Waals surface area (Å²) in [5.74, 6) is -1.56. The minimum Gasteiger partial charge on any atom is -0.478 e. The molecule has 0 radical (unpaired) electrons. The summed E-state index contributed by atoms with van der Waals surface area (Å²) < 4.78 is 14.0. The molecule has 82 valence electrons. The smallest absolute Gasteiger partial charge is 0.339 e. The number of carbonyl (C=O) groups is 1. The van der Waals surface area contributed by atoms with Gasteiger partial charge in [-0.1, -0.05) is 0 Å². The van der Waals surface area contributed by atoms with E-state index in [1.165, 1.54) is 23.0 Å². The van der Waals surface area contributed by atoms with Crippen LogP contribution in [0.2, 0.25) is 0 Å². The Hall–Kier alpha value is -2.24. The second-order valence-electron chi connectivity index (χ2n) is 3.23. The van der Waals surface area contributed by atoms with Gasteiger partial charge in [-0.05, 0) is 12.1 Å². The van der Waals surface area contributed by atoms with Crippen molar-refractivity contribution in [2.24, 2.45) is 7.05 Å². The van der Waals surface area contributed by atoms with Gasteiger partial charge in [-0.2, -0.15) is 5.10 Å². The van der Waals surface area contributed by atoms with Crippen molar-refractivity contribution in [3.05, 3.63) is 35.9 Å². The highest BCUT2D eigenvalue weighted by atomic mass is 19.1. The second-order valence-corrected chi connectivity index (χ2v) is 3.23. The lowest BCUT2D eigenvalue weighted by Crippen LogP contribution is -1.97. The van der Waals surface area contributed by atoms with Crippen LogP contribution in [0.5, 0.6) is 0 Å². The molecule has 0 atom stereocenters. The molecule has 16 heavy (non-hydrogen) atoms. The van der Waals surface area contributed by atoms with Crippen LogP contribution in [0, 0.1) is 5.82 Å². The normalized spacial score (nSPS) is 10.4. The molecule has 2 aromatic heterocycles. The number of aromatic carboxylic acids is 1. The van der Waals surface area contributed by atoms with Crippen molar-refractivity contribution in [1.82, 2.24) is 14.8 Å². The van der Waals surface area contributed by atoms with E-state index in [-0.39, 0.29) is 11.3 Å². The Morgan fingerprint density at radius 1 is 1.50 bits per heavy atom. The molecule has 0 bridgehead atoms. The number of aromatic nitrogens is 3. The van der Waals surface area contributed by atoms with Crippen LogP contribution in [0.15, 0.2) is 24.5 Å². The van der Waals surface area contributed by atoms with Crippen LogP contribution in [0.25, 0.3) is 11.4 Å². The first-order valence-corrected chi connectivity index (χ1v) is 4.47. The zero-order chi connectivity index (χ0) is 11.7. The topological polar surface area (TPSA) is 68.0 Å². The zero-order valence-electron chi connectivity index (χ0n) is 8.38. The lowest BCUT2D eigenvalue weighted by Gasteiger charge is -1.97. The van der Waals surface area contributed by atoms with Crippen molar-refractivity contribution in [2.75, 3.05) is 0 Å². The number of aryl methyl sites for hydroxylation is 1. The van der Waals surface area contributed by atoms with E-state index in [4.69, 9.17) is 5.11 Å². The van der Waals surface area contributed by atoms with E-state index in [0.29, 0.717) is 5.69 Å². The highest BCUT2D eigenvalue weighted by Gasteiger charge is 2.16. The van der Waals surface area contributed by atoms with Gasteiger partial charge in [0.05, 0.1) is 11.9 Å². The molecule has 0 amide bonds. The van der Waals surface area contributed by atoms with Crippen molar-refractivity contribution >= 4 is 5.97 Å². The lowest BCUT2D eigenvalue weighted by molar-refractivity contribution is 0.0697. The average Bonchev–Trinajstić information content (AvgIpc) is 2.61. The molecule has 2 rings (SSSR count). The van der Waals surface area contributed by atoms with E-state index in [2.05, 4.69) is 10.1 Å². The molecule has 2 aromatic rings. The Morgan fingerprint density at radius 3 is 2.81 bits per heavy atom. The molecule has 0 unspecified atom stereocenters. The van der Waals surface area contributed by atoms with Crippen LogP contribution < -0.4 is 0 Å². The van der Waals surface area contributed by atoms with Crippen molar-refractivity contribution < 1.29 is 14.3 Å². The van der Waals surface area contributed by atoms with Crippen LogP contribution in [-0.2, 0) is 7.05 Å². The monoisotopic (exact) mass is 221 g/mol. The first-order chi connectivity index (χ1) is 7.58. The van der Waals surface area contributed by atoms with Gasteiger partial charge in [0, 0.05) is 13.2 Å². The average molecular weight is 221 g/mol. The third-order valence-electron chi connectivity index (χ3n) is 2.03. The Kier molecular flexibility index (Phi) is 2.40. The van der Waals surface area contributed by atoms with Gasteiger partial charge < -0.3 is 5.11 Å². The molecule has 0 aliphatic rings. The molecule has 0 saturated carbocycles. The van der Waals surface area contributed by atoms with Gasteiger partial charge in [-0.15, -0.1) is 0 Å². The number of hydrogen-bond donors (Lipinski definition) is 1. The van der Waals surface area contributed by atoms with Crippen molar-refractivity contribution in [1.29, 1.82) is 0 Å². The number of rotatable bonds is 2. The molecular weight excluding hydrogens is 213 g/mol. The number of carboxylic acid groups (broad SMARTS) is 1. The van der Waals surface area contributed by atoms with E-state index < -0.39 is 11.8 Å². The maximum atomic E-state index is 12.7. The summed E-state index contributed by atoms with van der Waals surface area (Å²) in [5, 5.41) is 12.9. The Morgan fingerprint density at radius 2 is 2.25 bits per heavy atom. The van der Waals surface area contributed by atoms with E-state index in [9.17, 15) is 9.18 Å². The van der Waals surface area contributed by atoms with E-state index >= 15 is 0 Å². The predicted octanol–water partition coefficient (Wildman–Crippen LogP) is 1.32. The van der Waals surface area contributed by atoms with E-state index in [1.807, 2.05) is 0 Å². The fraction of sp³-hybridized carbons (Fsp3) is 0.100. The number of carboxylic acids is 1. The Bertz CT molecular complexity index is 533. The van der Waals surface area contributed by atoms with E-state index in [1.54, 1.807) is 7.05 Å². The number of pyridine rings is 1. The lowest BCUT2D eigenvalue weighted by atomic mass is 10.2. The molecule has 2 heterocycles. The summed E-state index contributed by atoms with van der Waals surface area (Å²) in [7, 11) is 1.61. The fourth-order valence-corrected chi connectivity index (χ4v) is 1.35. The Balaban J connectivity index is 2.55. The summed E-state index contributed by atoms with van der Waals surface area (Å²) in [6.45, 7) is 0. The number of nitrogens with zero attached hydrogens (tertiary/aromatic N) is 3. The SMILES string of the molecule is Cn1cc(C(=O)O)c(-c2ccc(F)cn2)n1. The highest BCUT2D eigenvalue weighted by molar-refractivity contribution is 5.94. The molecular formula is C10H8FN3O2. The summed E-state index contributed by atoms with van der Waals surface area (Å²) in [6.07, 6.45) is 2.40. The highest BCUT2D eigenvalue weighted by Crippen LogP contribution is 2.19. The van der Waals surface area contributed by atoms with Gasteiger partial charge in [0.25, 0.3) is 0 Å². The third kappa shape index (κ3) is 1.77. The minimum absolute atomic E-state index is 0.0432. The fourth-order valence-electron chi connectivity index (χ4n) is 1.35. The minimum atomic E-state index is -1.09. The maximum absolute atomic E-state index is 12.7. The van der Waals surface area contributed by atoms with Crippen LogP contribution in [-0.4, -0.2) is 25.8 Å². The molecule has 0 aromatic carbocycles. The van der Waals surface area contributed by atoms with E-state index in [0.717, 1.165) is 6.20 Å². The zero-order valence-corrected chi connectivity index (χ0v) is 8.38. The van der Waals surface area contributed by atoms with Gasteiger partial charge in [-0.3, -0.25) is 9.67 Å². The molecule has 1 N–H and O–H groups in total. The molecule has 6 heteroatoms. The van der Waals surface area contributed by atoms with Crippen LogP contribution in [0.4, 0.5) is 4.39 Å². The summed E-state index contributed by atoms with van der Waals surface area (Å²) >= 11 is 0. The van der Waals surface area contributed by atoms with Crippen molar-refractivity contribution in [3.8, 4) is 11.4 Å². The molecule has 5 nitrogen and oxygen atoms in total. The summed E-state index contributed by atoms with van der Waals surface area (Å²) in [6, 6.07) is 2.60. The van der Waals surface area contributed by atoms with Crippen LogP contribution >= 0.6 is 0 Å². The second kappa shape index (κ2) is 3.73. The number of halogens is 1. The summed E-state index contributed by atoms with van der Waals surface area (Å²) in [5.41, 5.74) is 0.607.